The summed E-state index contributed by atoms with van der Waals surface area (Å²) in [6.45, 7) is 3.58. The van der Waals surface area contributed by atoms with Gasteiger partial charge in [0.25, 0.3) is 0 Å². The molecule has 1 aliphatic carbocycles. The van der Waals surface area contributed by atoms with Crippen LogP contribution in [0.25, 0.3) is 0 Å². The average Bonchev–Trinajstić information content (AvgIpc) is 2.99. The zero-order valence-corrected chi connectivity index (χ0v) is 12.4. The number of hydrogen-bond donors (Lipinski definition) is 2. The van der Waals surface area contributed by atoms with Crippen LogP contribution < -0.4 is 5.32 Å². The van der Waals surface area contributed by atoms with E-state index in [4.69, 9.17) is 9.15 Å². The lowest BCUT2D eigenvalue weighted by molar-refractivity contribution is 0.0206. The number of hydrogen-bond acceptors (Lipinski definition) is 4. The monoisotopic (exact) mass is 281 g/mol. The Hall–Kier alpha value is -0.840. The van der Waals surface area contributed by atoms with E-state index in [2.05, 4.69) is 12.2 Å². The molecule has 4 nitrogen and oxygen atoms in total. The molecule has 2 N–H and O–H groups in total. The van der Waals surface area contributed by atoms with Crippen molar-refractivity contribution in [3.8, 4) is 0 Å². The smallest absolute Gasteiger partial charge is 0.129 e. The molecule has 1 fully saturated rings. The molecule has 20 heavy (non-hydrogen) atoms. The van der Waals surface area contributed by atoms with Crippen LogP contribution in [-0.2, 0) is 11.3 Å². The van der Waals surface area contributed by atoms with Crippen molar-refractivity contribution in [2.24, 2.45) is 5.92 Å². The van der Waals surface area contributed by atoms with Crippen LogP contribution in [0.3, 0.4) is 0 Å². The third-order valence-electron chi connectivity index (χ3n) is 4.17. The van der Waals surface area contributed by atoms with E-state index in [-0.39, 0.29) is 0 Å². The Bertz CT molecular complexity index is 347. The maximum absolute atomic E-state index is 9.91. The van der Waals surface area contributed by atoms with E-state index in [0.717, 1.165) is 11.7 Å². The van der Waals surface area contributed by atoms with E-state index in [9.17, 15) is 5.11 Å². The summed E-state index contributed by atoms with van der Waals surface area (Å²) in [7, 11) is 0. The van der Waals surface area contributed by atoms with E-state index >= 15 is 0 Å². The highest BCUT2D eigenvalue weighted by Crippen LogP contribution is 2.26. The van der Waals surface area contributed by atoms with Crippen molar-refractivity contribution in [1.29, 1.82) is 0 Å². The first-order valence-electron chi connectivity index (χ1n) is 7.77. The van der Waals surface area contributed by atoms with Gasteiger partial charge in [-0.1, -0.05) is 19.3 Å². The fraction of sp³-hybridized carbons (Fsp3) is 0.750. The van der Waals surface area contributed by atoms with Gasteiger partial charge < -0.3 is 19.6 Å². The number of aliphatic hydroxyl groups excluding tert-OH is 1. The van der Waals surface area contributed by atoms with Gasteiger partial charge in [0.1, 0.15) is 12.4 Å². The quantitative estimate of drug-likeness (QED) is 0.769. The number of aliphatic hydroxyl groups is 1. The molecule has 0 aromatic carbocycles. The molecule has 0 bridgehead atoms. The minimum atomic E-state index is -0.462. The van der Waals surface area contributed by atoms with Crippen LogP contribution in [0.4, 0.5) is 0 Å². The lowest BCUT2D eigenvalue weighted by atomic mass is 9.84. The van der Waals surface area contributed by atoms with Crippen molar-refractivity contribution in [3.05, 3.63) is 24.2 Å². The molecular weight excluding hydrogens is 254 g/mol. The van der Waals surface area contributed by atoms with Crippen molar-refractivity contribution >= 4 is 0 Å². The summed E-state index contributed by atoms with van der Waals surface area (Å²) in [6, 6.07) is 4.19. The summed E-state index contributed by atoms with van der Waals surface area (Å²) >= 11 is 0. The Labute approximate surface area is 121 Å². The molecule has 0 amide bonds. The summed E-state index contributed by atoms with van der Waals surface area (Å²) in [5.74, 6) is 1.56. The summed E-state index contributed by atoms with van der Waals surface area (Å²) in [6.07, 6.45) is 7.89. The summed E-state index contributed by atoms with van der Waals surface area (Å²) in [5, 5.41) is 13.3. The maximum Gasteiger partial charge on any atom is 0.129 e. The molecular formula is C16H27NO3. The van der Waals surface area contributed by atoms with Gasteiger partial charge >= 0.3 is 0 Å². The highest BCUT2D eigenvalue weighted by atomic mass is 16.5. The fourth-order valence-corrected chi connectivity index (χ4v) is 2.87. The summed E-state index contributed by atoms with van der Waals surface area (Å²) in [5.41, 5.74) is 0. The zero-order chi connectivity index (χ0) is 14.2. The van der Waals surface area contributed by atoms with E-state index in [1.807, 2.05) is 12.1 Å². The van der Waals surface area contributed by atoms with Gasteiger partial charge in [-0.2, -0.15) is 0 Å². The molecule has 1 aromatic rings. The average molecular weight is 281 g/mol. The Morgan fingerprint density at radius 2 is 2.20 bits per heavy atom. The lowest BCUT2D eigenvalue weighted by Gasteiger charge is -2.29. The van der Waals surface area contributed by atoms with Crippen molar-refractivity contribution in [1.82, 2.24) is 5.32 Å². The highest BCUT2D eigenvalue weighted by Gasteiger charge is 2.20. The number of furan rings is 1. The van der Waals surface area contributed by atoms with Gasteiger partial charge in [0, 0.05) is 12.6 Å². The predicted molar refractivity (Wildman–Crippen MR) is 78.4 cm³/mol. The largest absolute Gasteiger partial charge is 0.467 e. The molecule has 1 aliphatic rings. The Morgan fingerprint density at radius 3 is 2.90 bits per heavy atom. The van der Waals surface area contributed by atoms with Gasteiger partial charge in [-0.25, -0.2) is 0 Å². The van der Waals surface area contributed by atoms with Crippen molar-refractivity contribution in [2.45, 2.75) is 57.8 Å². The Morgan fingerprint density at radius 1 is 1.40 bits per heavy atom. The topological polar surface area (TPSA) is 54.6 Å². The molecule has 0 saturated heterocycles. The molecule has 1 aromatic heterocycles. The maximum atomic E-state index is 9.91. The number of nitrogens with one attached hydrogen (secondary N) is 1. The SMILES string of the molecule is C[C@H](NCC(O)COCc1ccco1)C1CCCCC1. The molecule has 0 aliphatic heterocycles. The molecule has 114 valence electrons. The van der Waals surface area contributed by atoms with Crippen molar-refractivity contribution in [3.63, 3.8) is 0 Å². The third kappa shape index (κ3) is 5.27. The second-order valence-corrected chi connectivity index (χ2v) is 5.84. The van der Waals surface area contributed by atoms with Gasteiger partial charge in [0.15, 0.2) is 0 Å². The van der Waals surface area contributed by atoms with Crippen LogP contribution in [0.15, 0.2) is 22.8 Å². The number of rotatable bonds is 8. The van der Waals surface area contributed by atoms with Gasteiger partial charge in [-0.3, -0.25) is 0 Å². The highest BCUT2D eigenvalue weighted by molar-refractivity contribution is 4.96. The van der Waals surface area contributed by atoms with Crippen LogP contribution in [-0.4, -0.2) is 30.4 Å². The zero-order valence-electron chi connectivity index (χ0n) is 12.4. The van der Waals surface area contributed by atoms with Crippen LogP contribution in [0, 0.1) is 5.92 Å². The standard InChI is InChI=1S/C16H27NO3/c1-13(14-6-3-2-4-7-14)17-10-15(18)11-19-12-16-8-5-9-20-16/h5,8-9,13-15,17-18H,2-4,6-7,10-12H2,1H3/t13-,15?/m0/s1. The molecule has 0 spiro atoms. The van der Waals surface area contributed by atoms with Crippen LogP contribution in [0.5, 0.6) is 0 Å². The number of ether oxygens (including phenoxy) is 1. The van der Waals surface area contributed by atoms with Crippen molar-refractivity contribution in [2.75, 3.05) is 13.2 Å². The first-order chi connectivity index (χ1) is 9.75. The van der Waals surface area contributed by atoms with E-state index in [1.54, 1.807) is 6.26 Å². The molecule has 1 unspecified atom stereocenters. The van der Waals surface area contributed by atoms with E-state index in [0.29, 0.717) is 25.8 Å². The van der Waals surface area contributed by atoms with Gasteiger partial charge in [0.2, 0.25) is 0 Å². The van der Waals surface area contributed by atoms with Crippen LogP contribution >= 0.6 is 0 Å². The summed E-state index contributed by atoms with van der Waals surface area (Å²) < 4.78 is 10.6. The normalized spacial score (nSPS) is 19.9. The van der Waals surface area contributed by atoms with Gasteiger partial charge in [0.05, 0.1) is 19.0 Å². The molecule has 2 rings (SSSR count). The van der Waals surface area contributed by atoms with E-state index in [1.165, 1.54) is 32.1 Å². The Kier molecular flexibility index (Phi) is 6.57. The minimum absolute atomic E-state index is 0.338. The van der Waals surface area contributed by atoms with Crippen LogP contribution in [0.2, 0.25) is 0 Å². The predicted octanol–water partition coefficient (Wildman–Crippen LogP) is 2.72. The van der Waals surface area contributed by atoms with Gasteiger partial charge in [-0.15, -0.1) is 0 Å². The van der Waals surface area contributed by atoms with Crippen molar-refractivity contribution < 1.29 is 14.3 Å². The molecule has 1 heterocycles. The molecule has 1 saturated carbocycles. The minimum Gasteiger partial charge on any atom is -0.467 e. The molecule has 0 radical (unpaired) electrons. The van der Waals surface area contributed by atoms with Gasteiger partial charge in [-0.05, 0) is 37.8 Å². The molecule has 4 heteroatoms. The summed E-state index contributed by atoms with van der Waals surface area (Å²) in [4.78, 5) is 0. The van der Waals surface area contributed by atoms with E-state index < -0.39 is 6.10 Å². The fourth-order valence-electron chi connectivity index (χ4n) is 2.87. The molecule has 2 atom stereocenters. The third-order valence-corrected chi connectivity index (χ3v) is 4.17. The Balaban J connectivity index is 1.55. The van der Waals surface area contributed by atoms with Crippen LogP contribution in [0.1, 0.15) is 44.8 Å². The first-order valence-corrected chi connectivity index (χ1v) is 7.77. The lowest BCUT2D eigenvalue weighted by Crippen LogP contribution is -2.40. The first kappa shape index (κ1) is 15.5. The second-order valence-electron chi connectivity index (χ2n) is 5.84. The second kappa shape index (κ2) is 8.45.